The van der Waals surface area contributed by atoms with Crippen LogP contribution in [0.25, 0.3) is 0 Å². The van der Waals surface area contributed by atoms with Crippen molar-refractivity contribution in [3.8, 4) is 0 Å². The summed E-state index contributed by atoms with van der Waals surface area (Å²) in [5.74, 6) is -1.10. The van der Waals surface area contributed by atoms with E-state index >= 15 is 0 Å². The molecular formula is C15H20N2O5S. The molecule has 7 nitrogen and oxygen atoms in total. The second-order valence-electron chi connectivity index (χ2n) is 5.68. The average molecular weight is 340 g/mol. The Kier molecular flexibility index (Phi) is 5.38. The minimum atomic E-state index is -3.28. The Morgan fingerprint density at radius 1 is 1.35 bits per heavy atom. The van der Waals surface area contributed by atoms with E-state index in [0.29, 0.717) is 31.5 Å². The highest BCUT2D eigenvalue weighted by Crippen LogP contribution is 2.15. The molecule has 0 radical (unpaired) electrons. The van der Waals surface area contributed by atoms with E-state index in [-0.39, 0.29) is 23.9 Å². The van der Waals surface area contributed by atoms with E-state index in [2.05, 4.69) is 4.72 Å². The van der Waals surface area contributed by atoms with Crippen molar-refractivity contribution in [2.45, 2.75) is 25.3 Å². The Bertz CT molecular complexity index is 702. The van der Waals surface area contributed by atoms with Crippen LogP contribution in [0, 0.1) is 0 Å². The zero-order valence-corrected chi connectivity index (χ0v) is 13.7. The van der Waals surface area contributed by atoms with Crippen molar-refractivity contribution in [2.75, 3.05) is 19.3 Å². The molecule has 1 aromatic carbocycles. The number of amides is 1. The maximum atomic E-state index is 12.2. The molecule has 1 aromatic rings. The number of carbonyl (C=O) groups excluding carboxylic acids is 1. The molecule has 1 aliphatic heterocycles. The van der Waals surface area contributed by atoms with Crippen molar-refractivity contribution in [2.24, 2.45) is 0 Å². The fraction of sp³-hybridized carbons (Fsp3) is 0.467. The molecule has 1 saturated heterocycles. The minimum Gasteiger partial charge on any atom is -0.478 e. The van der Waals surface area contributed by atoms with Crippen LogP contribution >= 0.6 is 0 Å². The monoisotopic (exact) mass is 340 g/mol. The van der Waals surface area contributed by atoms with Crippen LogP contribution in [0.5, 0.6) is 0 Å². The maximum Gasteiger partial charge on any atom is 0.335 e. The van der Waals surface area contributed by atoms with Crippen LogP contribution in [0.1, 0.15) is 28.8 Å². The first-order chi connectivity index (χ1) is 10.8. The highest BCUT2D eigenvalue weighted by Gasteiger charge is 2.27. The molecule has 0 bridgehead atoms. The Morgan fingerprint density at radius 2 is 2.04 bits per heavy atom. The molecule has 126 valence electrons. The van der Waals surface area contributed by atoms with Crippen LogP contribution < -0.4 is 4.72 Å². The van der Waals surface area contributed by atoms with Gasteiger partial charge < -0.3 is 10.0 Å². The second kappa shape index (κ2) is 7.10. The molecule has 1 atom stereocenters. The molecular weight excluding hydrogens is 320 g/mol. The molecule has 2 rings (SSSR count). The van der Waals surface area contributed by atoms with Crippen molar-refractivity contribution >= 4 is 21.9 Å². The molecule has 0 saturated carbocycles. The quantitative estimate of drug-likeness (QED) is 0.783. The average Bonchev–Trinajstić information content (AvgIpc) is 2.91. The van der Waals surface area contributed by atoms with E-state index in [4.69, 9.17) is 5.11 Å². The van der Waals surface area contributed by atoms with Gasteiger partial charge in [0, 0.05) is 25.6 Å². The van der Waals surface area contributed by atoms with Gasteiger partial charge in [0.2, 0.25) is 15.9 Å². The predicted octanol–water partition coefficient (Wildman–Crippen LogP) is 0.468. The van der Waals surface area contributed by atoms with Crippen LogP contribution in [0.15, 0.2) is 24.3 Å². The lowest BCUT2D eigenvalue weighted by Crippen LogP contribution is -2.37. The molecule has 0 spiro atoms. The highest BCUT2D eigenvalue weighted by atomic mass is 32.2. The standard InChI is InChI=1S/C15H20N2O5S/c1-23(21,22)16-12-8-9-17(10-12)14(18)7-6-11-4-2-3-5-13(11)15(19)20/h2-5,12,16H,6-10H2,1H3,(H,19,20)/t12-/m0/s1. The van der Waals surface area contributed by atoms with E-state index in [9.17, 15) is 18.0 Å². The van der Waals surface area contributed by atoms with Gasteiger partial charge in [-0.3, -0.25) is 4.79 Å². The van der Waals surface area contributed by atoms with Crippen molar-refractivity contribution < 1.29 is 23.1 Å². The van der Waals surface area contributed by atoms with E-state index in [0.717, 1.165) is 6.26 Å². The topological polar surface area (TPSA) is 104 Å². The Balaban J connectivity index is 1.90. The number of aryl methyl sites for hydroxylation is 1. The molecule has 8 heteroatoms. The summed E-state index contributed by atoms with van der Waals surface area (Å²) in [4.78, 5) is 25.0. The summed E-state index contributed by atoms with van der Waals surface area (Å²) in [7, 11) is -3.28. The lowest BCUT2D eigenvalue weighted by atomic mass is 10.0. The van der Waals surface area contributed by atoms with Gasteiger partial charge in [0.05, 0.1) is 11.8 Å². The normalized spacial score (nSPS) is 18.1. The molecule has 1 amide bonds. The Morgan fingerprint density at radius 3 is 2.70 bits per heavy atom. The summed E-state index contributed by atoms with van der Waals surface area (Å²) in [6.45, 7) is 0.860. The van der Waals surface area contributed by atoms with Gasteiger partial charge in [0.1, 0.15) is 0 Å². The SMILES string of the molecule is CS(=O)(=O)N[C@H]1CCN(C(=O)CCc2ccccc2C(=O)O)C1. The van der Waals surface area contributed by atoms with Crippen LogP contribution in [0.4, 0.5) is 0 Å². The van der Waals surface area contributed by atoms with Gasteiger partial charge in [-0.2, -0.15) is 0 Å². The van der Waals surface area contributed by atoms with Crippen molar-refractivity contribution in [3.63, 3.8) is 0 Å². The molecule has 23 heavy (non-hydrogen) atoms. The summed E-state index contributed by atoms with van der Waals surface area (Å²) in [6, 6.07) is 6.36. The molecule has 0 aliphatic carbocycles. The van der Waals surface area contributed by atoms with Gasteiger partial charge in [-0.1, -0.05) is 18.2 Å². The summed E-state index contributed by atoms with van der Waals surface area (Å²) in [5, 5.41) is 9.12. The smallest absolute Gasteiger partial charge is 0.335 e. The van der Waals surface area contributed by atoms with E-state index in [1.165, 1.54) is 6.07 Å². The third-order valence-corrected chi connectivity index (χ3v) is 4.54. The lowest BCUT2D eigenvalue weighted by molar-refractivity contribution is -0.130. The summed E-state index contributed by atoms with van der Waals surface area (Å²) >= 11 is 0. The zero-order chi connectivity index (χ0) is 17.0. The van der Waals surface area contributed by atoms with Crippen LogP contribution in [0.3, 0.4) is 0 Å². The van der Waals surface area contributed by atoms with Crippen molar-refractivity contribution in [3.05, 3.63) is 35.4 Å². The number of nitrogens with zero attached hydrogens (tertiary/aromatic N) is 1. The molecule has 0 unspecified atom stereocenters. The number of carboxylic acid groups (broad SMARTS) is 1. The number of hydrogen-bond donors (Lipinski definition) is 2. The first-order valence-corrected chi connectivity index (χ1v) is 9.21. The van der Waals surface area contributed by atoms with Gasteiger partial charge in [0.25, 0.3) is 0 Å². The van der Waals surface area contributed by atoms with Crippen LogP contribution in [-0.2, 0) is 21.2 Å². The van der Waals surface area contributed by atoms with Gasteiger partial charge in [-0.15, -0.1) is 0 Å². The molecule has 1 fully saturated rings. The summed E-state index contributed by atoms with van der Waals surface area (Å²) in [6.07, 6.45) is 2.24. The molecule has 1 heterocycles. The van der Waals surface area contributed by atoms with Gasteiger partial charge in [0.15, 0.2) is 0 Å². The number of rotatable bonds is 6. The first-order valence-electron chi connectivity index (χ1n) is 7.32. The number of carbonyl (C=O) groups is 2. The Labute approximate surface area is 135 Å². The number of aromatic carboxylic acids is 1. The maximum absolute atomic E-state index is 12.2. The number of carboxylic acids is 1. The van der Waals surface area contributed by atoms with E-state index in [1.54, 1.807) is 23.1 Å². The van der Waals surface area contributed by atoms with Crippen molar-refractivity contribution in [1.29, 1.82) is 0 Å². The van der Waals surface area contributed by atoms with Crippen LogP contribution in [-0.4, -0.2) is 55.7 Å². The third kappa shape index (κ3) is 5.04. The molecule has 2 N–H and O–H groups in total. The third-order valence-electron chi connectivity index (χ3n) is 3.78. The Hall–Kier alpha value is -1.93. The number of likely N-dealkylation sites (tertiary alicyclic amines) is 1. The van der Waals surface area contributed by atoms with Gasteiger partial charge in [-0.25, -0.2) is 17.9 Å². The first kappa shape index (κ1) is 17.4. The van der Waals surface area contributed by atoms with Crippen molar-refractivity contribution in [1.82, 2.24) is 9.62 Å². The van der Waals surface area contributed by atoms with Crippen LogP contribution in [0.2, 0.25) is 0 Å². The number of benzene rings is 1. The fourth-order valence-corrected chi connectivity index (χ4v) is 3.53. The highest BCUT2D eigenvalue weighted by molar-refractivity contribution is 7.88. The van der Waals surface area contributed by atoms with E-state index in [1.807, 2.05) is 0 Å². The second-order valence-corrected chi connectivity index (χ2v) is 7.46. The van der Waals surface area contributed by atoms with E-state index < -0.39 is 16.0 Å². The predicted molar refractivity (Wildman–Crippen MR) is 84.7 cm³/mol. The minimum absolute atomic E-state index is 0.0945. The summed E-state index contributed by atoms with van der Waals surface area (Å²) < 4.78 is 24.9. The zero-order valence-electron chi connectivity index (χ0n) is 12.9. The lowest BCUT2D eigenvalue weighted by Gasteiger charge is -2.17. The fourth-order valence-electron chi connectivity index (χ4n) is 2.73. The number of sulfonamides is 1. The molecule has 1 aliphatic rings. The number of nitrogens with one attached hydrogen (secondary N) is 1. The summed E-state index contributed by atoms with van der Waals surface area (Å²) in [5.41, 5.74) is 0.830. The largest absolute Gasteiger partial charge is 0.478 e. The number of hydrogen-bond acceptors (Lipinski definition) is 4. The van der Waals surface area contributed by atoms with Gasteiger partial charge >= 0.3 is 5.97 Å². The molecule has 0 aromatic heterocycles. The van der Waals surface area contributed by atoms with Gasteiger partial charge in [-0.05, 0) is 24.5 Å².